The van der Waals surface area contributed by atoms with Crippen molar-refractivity contribution in [1.29, 1.82) is 0 Å². The minimum atomic E-state index is -4.10. The van der Waals surface area contributed by atoms with Gasteiger partial charge in [-0.1, -0.05) is 12.1 Å². The number of nitrogens with zero attached hydrogens (tertiary/aromatic N) is 1. The van der Waals surface area contributed by atoms with Crippen LogP contribution in [0.4, 0.5) is 8.78 Å². The number of carbonyl (C=O) groups is 1. The topological polar surface area (TPSA) is 72.9 Å². The molecule has 0 N–H and O–H groups in total. The third-order valence-electron chi connectivity index (χ3n) is 4.24. The van der Waals surface area contributed by atoms with Crippen LogP contribution >= 0.6 is 0 Å². The molecule has 2 atom stereocenters. The zero-order valence-corrected chi connectivity index (χ0v) is 15.2. The summed E-state index contributed by atoms with van der Waals surface area (Å²) in [7, 11) is -2.95. The summed E-state index contributed by atoms with van der Waals surface area (Å²) in [6, 6.07) is 8.86. The van der Waals surface area contributed by atoms with Gasteiger partial charge >= 0.3 is 5.97 Å². The minimum Gasteiger partial charge on any atom is -0.486 e. The van der Waals surface area contributed by atoms with Crippen LogP contribution < -0.4 is 4.74 Å². The molecule has 1 aliphatic heterocycles. The van der Waals surface area contributed by atoms with Crippen molar-refractivity contribution in [2.45, 2.75) is 23.5 Å². The van der Waals surface area contributed by atoms with E-state index >= 15 is 0 Å². The Labute approximate surface area is 155 Å². The second kappa shape index (κ2) is 7.61. The highest BCUT2D eigenvalue weighted by molar-refractivity contribution is 7.89. The van der Waals surface area contributed by atoms with Gasteiger partial charge in [0.2, 0.25) is 10.0 Å². The first kappa shape index (κ1) is 19.2. The molecule has 1 saturated heterocycles. The third kappa shape index (κ3) is 3.93. The van der Waals surface area contributed by atoms with E-state index in [2.05, 4.69) is 0 Å². The summed E-state index contributed by atoms with van der Waals surface area (Å²) in [5.74, 6) is -1.96. The molecule has 0 amide bonds. The zero-order valence-electron chi connectivity index (χ0n) is 14.3. The van der Waals surface area contributed by atoms with Gasteiger partial charge in [0.05, 0.1) is 18.6 Å². The van der Waals surface area contributed by atoms with Gasteiger partial charge in [-0.05, 0) is 36.4 Å². The molecule has 0 saturated carbocycles. The van der Waals surface area contributed by atoms with Gasteiger partial charge in [-0.3, -0.25) is 4.79 Å². The highest BCUT2D eigenvalue weighted by atomic mass is 32.2. The Hall–Kier alpha value is -2.52. The van der Waals surface area contributed by atoms with Crippen molar-refractivity contribution in [3.63, 3.8) is 0 Å². The summed E-state index contributed by atoms with van der Waals surface area (Å²) in [4.78, 5) is 11.9. The largest absolute Gasteiger partial charge is 0.486 e. The summed E-state index contributed by atoms with van der Waals surface area (Å²) >= 11 is 0. The van der Waals surface area contributed by atoms with E-state index in [1.807, 2.05) is 0 Å². The predicted octanol–water partition coefficient (Wildman–Crippen LogP) is 2.35. The molecule has 144 valence electrons. The second-order valence-corrected chi connectivity index (χ2v) is 7.86. The smallest absolute Gasteiger partial charge is 0.324 e. The number of esters is 1. The fourth-order valence-electron chi connectivity index (χ4n) is 2.93. The molecular formula is C18H17F2NO5S. The molecule has 2 aromatic carbocycles. The van der Waals surface area contributed by atoms with Crippen LogP contribution in [0.25, 0.3) is 0 Å². The average Bonchev–Trinajstić information content (AvgIpc) is 3.08. The number of halogens is 2. The number of para-hydroxylation sites is 1. The lowest BCUT2D eigenvalue weighted by molar-refractivity contribution is -0.144. The van der Waals surface area contributed by atoms with Crippen LogP contribution in [0, 0.1) is 11.6 Å². The monoisotopic (exact) mass is 397 g/mol. The molecule has 0 aromatic heterocycles. The van der Waals surface area contributed by atoms with Gasteiger partial charge in [0.15, 0.2) is 11.6 Å². The van der Waals surface area contributed by atoms with Crippen molar-refractivity contribution < 1.29 is 31.5 Å². The summed E-state index contributed by atoms with van der Waals surface area (Å²) in [6.45, 7) is -0.173. The van der Waals surface area contributed by atoms with E-state index in [1.54, 1.807) is 6.07 Å². The molecule has 3 rings (SSSR count). The molecule has 2 unspecified atom stereocenters. The Morgan fingerprint density at radius 3 is 2.41 bits per heavy atom. The maximum absolute atomic E-state index is 13.8. The van der Waals surface area contributed by atoms with E-state index < -0.39 is 39.8 Å². The normalized spacial score (nSPS) is 20.4. The van der Waals surface area contributed by atoms with Gasteiger partial charge in [-0.2, -0.15) is 4.31 Å². The van der Waals surface area contributed by atoms with Gasteiger partial charge in [-0.15, -0.1) is 0 Å². The van der Waals surface area contributed by atoms with Crippen LogP contribution in [0.2, 0.25) is 0 Å². The minimum absolute atomic E-state index is 0.00142. The fourth-order valence-corrected chi connectivity index (χ4v) is 4.55. The van der Waals surface area contributed by atoms with Crippen molar-refractivity contribution in [3.8, 4) is 5.75 Å². The highest BCUT2D eigenvalue weighted by Gasteiger charge is 2.45. The molecule has 1 heterocycles. The first-order valence-corrected chi connectivity index (χ1v) is 9.53. The van der Waals surface area contributed by atoms with Crippen LogP contribution in [-0.4, -0.2) is 44.5 Å². The summed E-state index contributed by atoms with van der Waals surface area (Å²) in [5.41, 5.74) is 0. The lowest BCUT2D eigenvalue weighted by Gasteiger charge is -2.21. The summed E-state index contributed by atoms with van der Waals surface area (Å²) in [6.07, 6.45) is -0.747. The van der Waals surface area contributed by atoms with Crippen molar-refractivity contribution >= 4 is 16.0 Å². The van der Waals surface area contributed by atoms with Crippen LogP contribution in [0.15, 0.2) is 53.4 Å². The van der Waals surface area contributed by atoms with E-state index in [4.69, 9.17) is 9.47 Å². The second-order valence-electron chi connectivity index (χ2n) is 5.97. The van der Waals surface area contributed by atoms with Crippen molar-refractivity contribution in [3.05, 3.63) is 60.2 Å². The van der Waals surface area contributed by atoms with Crippen LogP contribution in [0.5, 0.6) is 5.75 Å². The van der Waals surface area contributed by atoms with Gasteiger partial charge < -0.3 is 9.47 Å². The fraction of sp³-hybridized carbons (Fsp3) is 0.278. The van der Waals surface area contributed by atoms with E-state index in [0.29, 0.717) is 0 Å². The number of rotatable bonds is 5. The number of hydrogen-bond donors (Lipinski definition) is 0. The maximum atomic E-state index is 13.8. The van der Waals surface area contributed by atoms with E-state index in [-0.39, 0.29) is 23.6 Å². The number of hydrogen-bond acceptors (Lipinski definition) is 5. The molecule has 0 bridgehead atoms. The molecule has 27 heavy (non-hydrogen) atoms. The number of sulfonamides is 1. The van der Waals surface area contributed by atoms with Crippen LogP contribution in [-0.2, 0) is 19.6 Å². The van der Waals surface area contributed by atoms with Crippen LogP contribution in [0.1, 0.15) is 6.42 Å². The van der Waals surface area contributed by atoms with Crippen molar-refractivity contribution in [2.75, 3.05) is 13.7 Å². The molecule has 9 heteroatoms. The molecular weight excluding hydrogens is 380 g/mol. The molecule has 0 radical (unpaired) electrons. The Balaban J connectivity index is 1.89. The molecule has 0 spiro atoms. The lowest BCUT2D eigenvalue weighted by Crippen LogP contribution is -2.41. The summed E-state index contributed by atoms with van der Waals surface area (Å²) < 4.78 is 64.0. The Morgan fingerprint density at radius 2 is 1.78 bits per heavy atom. The Kier molecular flexibility index (Phi) is 5.43. The quantitative estimate of drug-likeness (QED) is 0.725. The van der Waals surface area contributed by atoms with Crippen molar-refractivity contribution in [1.82, 2.24) is 4.31 Å². The third-order valence-corrected chi connectivity index (χ3v) is 6.13. The Bertz CT molecular complexity index is 933. The number of carbonyl (C=O) groups excluding carboxylic acids is 1. The molecule has 0 aliphatic carbocycles. The van der Waals surface area contributed by atoms with Crippen molar-refractivity contribution in [2.24, 2.45) is 0 Å². The summed E-state index contributed by atoms with van der Waals surface area (Å²) in [5, 5.41) is 0. The van der Waals surface area contributed by atoms with Gasteiger partial charge in [0.1, 0.15) is 18.0 Å². The lowest BCUT2D eigenvalue weighted by atomic mass is 10.2. The zero-order chi connectivity index (χ0) is 19.6. The highest BCUT2D eigenvalue weighted by Crippen LogP contribution is 2.30. The first-order valence-electron chi connectivity index (χ1n) is 8.09. The van der Waals surface area contributed by atoms with E-state index in [1.165, 1.54) is 18.2 Å². The van der Waals surface area contributed by atoms with Gasteiger partial charge in [0, 0.05) is 6.42 Å². The van der Waals surface area contributed by atoms with E-state index in [9.17, 15) is 22.0 Å². The molecule has 2 aromatic rings. The maximum Gasteiger partial charge on any atom is 0.324 e. The molecule has 6 nitrogen and oxygen atoms in total. The van der Waals surface area contributed by atoms with Crippen LogP contribution in [0.3, 0.4) is 0 Å². The Morgan fingerprint density at radius 1 is 1.11 bits per heavy atom. The number of ether oxygens (including phenoxy) is 2. The standard InChI is InChI=1S/C18H17F2NO5S/c1-25-18(22)16-10-13(26-17-5-3-2-4-15(17)20)11-21(16)27(23,24)14-8-6-12(19)7-9-14/h2-9,13,16H,10-11H2,1H3. The SMILES string of the molecule is COC(=O)C1CC(Oc2ccccc2F)CN1S(=O)(=O)c1ccc(F)cc1. The van der Waals surface area contributed by atoms with Gasteiger partial charge in [0.25, 0.3) is 0 Å². The predicted molar refractivity (Wildman–Crippen MR) is 91.5 cm³/mol. The molecule has 1 aliphatic rings. The number of methoxy groups -OCH3 is 1. The molecule has 1 fully saturated rings. The first-order chi connectivity index (χ1) is 12.8. The van der Waals surface area contributed by atoms with E-state index in [0.717, 1.165) is 35.7 Å². The van der Waals surface area contributed by atoms with Gasteiger partial charge in [-0.25, -0.2) is 17.2 Å². The average molecular weight is 397 g/mol. The number of benzene rings is 2.